The molecule has 4 atom stereocenters. The first-order valence-corrected chi connectivity index (χ1v) is 6.24. The predicted molar refractivity (Wildman–Crippen MR) is 72.7 cm³/mol. The van der Waals surface area contributed by atoms with Crippen LogP contribution in [-0.2, 0) is 4.74 Å². The summed E-state index contributed by atoms with van der Waals surface area (Å²) in [4.78, 5) is 7.96. The van der Waals surface area contributed by atoms with Crippen LogP contribution in [0.2, 0.25) is 0 Å². The van der Waals surface area contributed by atoms with Crippen molar-refractivity contribution in [1.29, 1.82) is 0 Å². The van der Waals surface area contributed by atoms with Gasteiger partial charge in [-0.15, -0.1) is 6.42 Å². The maximum Gasteiger partial charge on any atom is 0.199 e. The molecule has 0 amide bonds. The van der Waals surface area contributed by atoms with Gasteiger partial charge < -0.3 is 30.4 Å². The summed E-state index contributed by atoms with van der Waals surface area (Å²) >= 11 is 0. The van der Waals surface area contributed by atoms with E-state index in [0.29, 0.717) is 11.0 Å². The molecule has 21 heavy (non-hydrogen) atoms. The minimum absolute atomic E-state index is 0.278. The lowest BCUT2D eigenvalue weighted by Crippen LogP contribution is -2.45. The lowest BCUT2D eigenvalue weighted by molar-refractivity contribution is -0.0718. The van der Waals surface area contributed by atoms with Crippen molar-refractivity contribution in [2.75, 3.05) is 12.3 Å². The Bertz CT molecular complexity index is 725. The number of nitrogens with two attached hydrogens (primary N) is 1. The van der Waals surface area contributed by atoms with Crippen LogP contribution in [0.4, 0.5) is 5.82 Å². The lowest BCUT2D eigenvalue weighted by Gasteiger charge is -2.26. The van der Waals surface area contributed by atoms with Crippen LogP contribution in [-0.4, -0.2) is 54.3 Å². The van der Waals surface area contributed by atoms with Gasteiger partial charge in [-0.1, -0.05) is 5.92 Å². The van der Waals surface area contributed by atoms with Crippen molar-refractivity contribution >= 4 is 16.9 Å². The Kier molecular flexibility index (Phi) is 3.07. The molecular weight excluding hydrogens is 276 g/mol. The molecule has 1 saturated heterocycles. The molecule has 5 N–H and O–H groups in total. The third-order valence-corrected chi connectivity index (χ3v) is 3.69. The summed E-state index contributed by atoms with van der Waals surface area (Å²) in [6, 6.07) is 1.66. The number of nitrogen functional groups attached to an aromatic ring is 1. The Labute approximate surface area is 119 Å². The number of aliphatic hydroxyl groups is 3. The maximum absolute atomic E-state index is 10.5. The third kappa shape index (κ3) is 1.80. The molecule has 1 aliphatic rings. The molecule has 0 aromatic carbocycles. The average Bonchev–Trinajstić information content (AvgIpc) is 3.01. The molecule has 0 aliphatic carbocycles. The summed E-state index contributed by atoms with van der Waals surface area (Å²) < 4.78 is 6.96. The molecule has 0 spiro atoms. The average molecular weight is 290 g/mol. The van der Waals surface area contributed by atoms with Crippen LogP contribution in [0, 0.1) is 12.3 Å². The van der Waals surface area contributed by atoms with Crippen molar-refractivity contribution in [2.45, 2.75) is 24.0 Å². The second kappa shape index (κ2) is 4.68. The molecule has 8 heteroatoms. The van der Waals surface area contributed by atoms with Gasteiger partial charge in [0, 0.05) is 6.20 Å². The first kappa shape index (κ1) is 13.8. The summed E-state index contributed by atoms with van der Waals surface area (Å²) in [5.74, 6) is 2.42. The fourth-order valence-corrected chi connectivity index (χ4v) is 2.53. The van der Waals surface area contributed by atoms with Gasteiger partial charge >= 0.3 is 0 Å². The topological polar surface area (TPSA) is 127 Å². The van der Waals surface area contributed by atoms with E-state index in [4.69, 9.17) is 16.9 Å². The standard InChI is InChI=1S/C13H14N4O4/c1-2-13(20)9(19)8(5-18)21-12(13)17-4-3-7-10(14)15-6-16-11(7)17/h1,3-4,6,8-9,12,18-20H,5H2,(H2,14,15,16)/t8?,9?,12-,13-/m1/s1. The molecule has 1 fully saturated rings. The SMILES string of the molecule is C#C[C@@]1(O)C(O)C(CO)O[C@H]1n1ccc2c(N)ncnc21. The van der Waals surface area contributed by atoms with E-state index in [1.54, 1.807) is 12.3 Å². The van der Waals surface area contributed by atoms with E-state index < -0.39 is 30.6 Å². The number of ether oxygens (including phenoxy) is 1. The molecule has 8 nitrogen and oxygen atoms in total. The van der Waals surface area contributed by atoms with Gasteiger partial charge in [0.1, 0.15) is 30.0 Å². The predicted octanol–water partition coefficient (Wildman–Crippen LogP) is -1.37. The van der Waals surface area contributed by atoms with E-state index in [1.165, 1.54) is 10.9 Å². The molecule has 2 aromatic rings. The fourth-order valence-electron chi connectivity index (χ4n) is 2.53. The number of rotatable bonds is 2. The quantitative estimate of drug-likeness (QED) is 0.502. The minimum atomic E-state index is -1.99. The van der Waals surface area contributed by atoms with Gasteiger partial charge in [0.2, 0.25) is 0 Å². The van der Waals surface area contributed by atoms with E-state index in [-0.39, 0.29) is 5.82 Å². The van der Waals surface area contributed by atoms with Crippen molar-refractivity contribution in [1.82, 2.24) is 14.5 Å². The van der Waals surface area contributed by atoms with Crippen LogP contribution < -0.4 is 5.73 Å². The Balaban J connectivity index is 2.14. The number of aliphatic hydroxyl groups excluding tert-OH is 2. The van der Waals surface area contributed by atoms with Crippen molar-refractivity contribution in [3.8, 4) is 12.3 Å². The lowest BCUT2D eigenvalue weighted by atomic mass is 9.95. The van der Waals surface area contributed by atoms with Gasteiger partial charge in [0.15, 0.2) is 11.8 Å². The highest BCUT2D eigenvalue weighted by Crippen LogP contribution is 2.39. The molecule has 1 aliphatic heterocycles. The molecule has 3 rings (SSSR count). The highest BCUT2D eigenvalue weighted by Gasteiger charge is 2.55. The van der Waals surface area contributed by atoms with Crippen molar-refractivity contribution < 1.29 is 20.1 Å². The molecule has 2 aromatic heterocycles. The number of anilines is 1. The van der Waals surface area contributed by atoms with Gasteiger partial charge in [-0.2, -0.15) is 0 Å². The Hall–Kier alpha value is -2.18. The van der Waals surface area contributed by atoms with Gasteiger partial charge in [-0.05, 0) is 6.07 Å². The fraction of sp³-hybridized carbons (Fsp3) is 0.385. The first-order chi connectivity index (χ1) is 10.0. The minimum Gasteiger partial charge on any atom is -0.394 e. The van der Waals surface area contributed by atoms with E-state index in [9.17, 15) is 15.3 Å². The molecule has 0 saturated carbocycles. The van der Waals surface area contributed by atoms with E-state index >= 15 is 0 Å². The summed E-state index contributed by atoms with van der Waals surface area (Å²) in [6.07, 6.45) is 4.70. The number of terminal acetylenes is 1. The van der Waals surface area contributed by atoms with E-state index in [0.717, 1.165) is 0 Å². The molecule has 0 radical (unpaired) electrons. The second-order valence-corrected chi connectivity index (χ2v) is 4.84. The second-order valence-electron chi connectivity index (χ2n) is 4.84. The molecular formula is C13H14N4O4. The molecule has 3 heterocycles. The summed E-state index contributed by atoms with van der Waals surface area (Å²) in [7, 11) is 0. The summed E-state index contributed by atoms with van der Waals surface area (Å²) in [5, 5.41) is 30.4. The van der Waals surface area contributed by atoms with Crippen LogP contribution >= 0.6 is 0 Å². The number of nitrogens with zero attached hydrogens (tertiary/aromatic N) is 3. The van der Waals surface area contributed by atoms with Crippen molar-refractivity contribution in [2.24, 2.45) is 0 Å². The normalized spacial score (nSPS) is 32.4. The number of hydrogen-bond donors (Lipinski definition) is 4. The van der Waals surface area contributed by atoms with Crippen LogP contribution in [0.3, 0.4) is 0 Å². The van der Waals surface area contributed by atoms with Crippen LogP contribution in [0.1, 0.15) is 6.23 Å². The number of hydrogen-bond acceptors (Lipinski definition) is 7. The van der Waals surface area contributed by atoms with Crippen LogP contribution in [0.15, 0.2) is 18.6 Å². The molecule has 0 bridgehead atoms. The zero-order chi connectivity index (χ0) is 15.2. The Morgan fingerprint density at radius 2 is 2.29 bits per heavy atom. The van der Waals surface area contributed by atoms with Gasteiger partial charge in [-0.3, -0.25) is 0 Å². The Morgan fingerprint density at radius 3 is 2.95 bits per heavy atom. The maximum atomic E-state index is 10.5. The van der Waals surface area contributed by atoms with Gasteiger partial charge in [0.05, 0.1) is 12.0 Å². The van der Waals surface area contributed by atoms with E-state index in [1.807, 2.05) is 0 Å². The third-order valence-electron chi connectivity index (χ3n) is 3.69. The largest absolute Gasteiger partial charge is 0.394 e. The molecule has 2 unspecified atom stereocenters. The van der Waals surface area contributed by atoms with Crippen molar-refractivity contribution in [3.63, 3.8) is 0 Å². The molecule has 110 valence electrons. The highest BCUT2D eigenvalue weighted by atomic mass is 16.6. The smallest absolute Gasteiger partial charge is 0.199 e. The van der Waals surface area contributed by atoms with Crippen LogP contribution in [0.5, 0.6) is 0 Å². The van der Waals surface area contributed by atoms with E-state index in [2.05, 4.69) is 15.9 Å². The van der Waals surface area contributed by atoms with Crippen molar-refractivity contribution in [3.05, 3.63) is 18.6 Å². The summed E-state index contributed by atoms with van der Waals surface area (Å²) in [5.41, 5.74) is 4.17. The van der Waals surface area contributed by atoms with Gasteiger partial charge in [0.25, 0.3) is 0 Å². The van der Waals surface area contributed by atoms with Crippen LogP contribution in [0.25, 0.3) is 11.0 Å². The Morgan fingerprint density at radius 1 is 1.52 bits per heavy atom. The zero-order valence-electron chi connectivity index (χ0n) is 10.9. The first-order valence-electron chi connectivity index (χ1n) is 6.24. The highest BCUT2D eigenvalue weighted by molar-refractivity contribution is 5.86. The van der Waals surface area contributed by atoms with Gasteiger partial charge in [-0.25, -0.2) is 9.97 Å². The number of fused-ring (bicyclic) bond motifs is 1. The number of aromatic nitrogens is 3. The summed E-state index contributed by atoms with van der Waals surface area (Å²) in [6.45, 7) is -0.474. The monoisotopic (exact) mass is 290 g/mol. The zero-order valence-corrected chi connectivity index (χ0v) is 10.9.